The van der Waals surface area contributed by atoms with Crippen molar-refractivity contribution in [3.8, 4) is 5.75 Å². The third-order valence-corrected chi connectivity index (χ3v) is 1.76. The molecule has 0 amide bonds. The van der Waals surface area contributed by atoms with E-state index in [-0.39, 0.29) is 5.75 Å². The van der Waals surface area contributed by atoms with Gasteiger partial charge in [-0.1, -0.05) is 6.92 Å². The zero-order chi connectivity index (χ0) is 9.68. The van der Waals surface area contributed by atoms with Crippen LogP contribution in [0.5, 0.6) is 5.75 Å². The van der Waals surface area contributed by atoms with Gasteiger partial charge in [0.1, 0.15) is 11.5 Å². The number of aromatic hydroxyl groups is 1. The van der Waals surface area contributed by atoms with E-state index in [1.807, 2.05) is 18.2 Å². The van der Waals surface area contributed by atoms with Crippen molar-refractivity contribution in [3.63, 3.8) is 0 Å². The molecule has 0 saturated carbocycles. The van der Waals surface area contributed by atoms with Gasteiger partial charge in [0.25, 0.3) is 0 Å². The van der Waals surface area contributed by atoms with Crippen molar-refractivity contribution in [3.05, 3.63) is 35.9 Å². The Bertz CT molecular complexity index is 285. The van der Waals surface area contributed by atoms with E-state index in [0.717, 1.165) is 17.7 Å². The summed E-state index contributed by atoms with van der Waals surface area (Å²) in [6.07, 6.45) is 2.94. The van der Waals surface area contributed by atoms with Gasteiger partial charge in [0, 0.05) is 5.56 Å². The monoisotopic (exact) mass is 178 g/mol. The molecule has 0 radical (unpaired) electrons. The minimum atomic E-state index is 0.274. The Hall–Kier alpha value is -1.44. The van der Waals surface area contributed by atoms with Crippen LogP contribution in [0.4, 0.5) is 0 Å². The first-order valence-electron chi connectivity index (χ1n) is 4.31. The number of hydrogen-bond donors (Lipinski definition) is 1. The van der Waals surface area contributed by atoms with Gasteiger partial charge >= 0.3 is 0 Å². The molecule has 0 aliphatic carbocycles. The molecule has 0 fully saturated rings. The molecule has 0 heterocycles. The summed E-state index contributed by atoms with van der Waals surface area (Å²) in [6.45, 7) is 2.05. The Morgan fingerprint density at radius 3 is 2.46 bits per heavy atom. The van der Waals surface area contributed by atoms with Crippen LogP contribution >= 0.6 is 0 Å². The van der Waals surface area contributed by atoms with E-state index in [1.54, 1.807) is 19.2 Å². The molecule has 0 aliphatic heterocycles. The average Bonchev–Trinajstić information content (AvgIpc) is 2.16. The van der Waals surface area contributed by atoms with Gasteiger partial charge < -0.3 is 9.84 Å². The van der Waals surface area contributed by atoms with Crippen LogP contribution in [0.1, 0.15) is 18.9 Å². The SMILES string of the molecule is CC/C=C(/OC)c1ccc(O)cc1. The third-order valence-electron chi connectivity index (χ3n) is 1.76. The summed E-state index contributed by atoms with van der Waals surface area (Å²) >= 11 is 0. The fourth-order valence-corrected chi connectivity index (χ4v) is 1.13. The number of allylic oxidation sites excluding steroid dienone is 1. The van der Waals surface area contributed by atoms with Crippen LogP contribution in [0.3, 0.4) is 0 Å². The van der Waals surface area contributed by atoms with Gasteiger partial charge in [-0.3, -0.25) is 0 Å². The standard InChI is InChI=1S/C11H14O2/c1-3-4-11(13-2)9-5-7-10(12)8-6-9/h4-8,12H,3H2,1-2H3/b11-4+. The van der Waals surface area contributed by atoms with Crippen molar-refractivity contribution in [2.24, 2.45) is 0 Å². The van der Waals surface area contributed by atoms with Crippen LogP contribution in [0.25, 0.3) is 5.76 Å². The number of benzene rings is 1. The van der Waals surface area contributed by atoms with Gasteiger partial charge in [0.15, 0.2) is 0 Å². The molecule has 2 heteroatoms. The molecule has 0 saturated heterocycles. The zero-order valence-electron chi connectivity index (χ0n) is 7.95. The maximum atomic E-state index is 9.08. The maximum absolute atomic E-state index is 9.08. The number of phenols is 1. The summed E-state index contributed by atoms with van der Waals surface area (Å²) in [6, 6.07) is 6.97. The van der Waals surface area contributed by atoms with Crippen LogP contribution in [0.15, 0.2) is 30.3 Å². The molecular weight excluding hydrogens is 164 g/mol. The van der Waals surface area contributed by atoms with Crippen LogP contribution in [-0.2, 0) is 4.74 Å². The van der Waals surface area contributed by atoms with E-state index < -0.39 is 0 Å². The second kappa shape index (κ2) is 4.55. The molecule has 1 N–H and O–H groups in total. The second-order valence-corrected chi connectivity index (χ2v) is 2.73. The predicted octanol–water partition coefficient (Wildman–Crippen LogP) is 2.79. The largest absolute Gasteiger partial charge is 0.508 e. The van der Waals surface area contributed by atoms with Crippen LogP contribution in [0.2, 0.25) is 0 Å². The number of phenolic OH excluding ortho intramolecular Hbond substituents is 1. The van der Waals surface area contributed by atoms with Gasteiger partial charge in [-0.25, -0.2) is 0 Å². The summed E-state index contributed by atoms with van der Waals surface area (Å²) in [4.78, 5) is 0. The smallest absolute Gasteiger partial charge is 0.122 e. The summed E-state index contributed by atoms with van der Waals surface area (Å²) in [7, 11) is 1.65. The number of hydrogen-bond acceptors (Lipinski definition) is 2. The summed E-state index contributed by atoms with van der Waals surface area (Å²) in [5, 5.41) is 9.08. The topological polar surface area (TPSA) is 29.5 Å². The second-order valence-electron chi connectivity index (χ2n) is 2.73. The molecule has 0 aromatic heterocycles. The van der Waals surface area contributed by atoms with Crippen LogP contribution in [-0.4, -0.2) is 12.2 Å². The Labute approximate surface area is 78.5 Å². The predicted molar refractivity (Wildman–Crippen MR) is 53.4 cm³/mol. The lowest BCUT2D eigenvalue weighted by molar-refractivity contribution is 0.369. The summed E-state index contributed by atoms with van der Waals surface area (Å²) < 4.78 is 5.20. The van der Waals surface area contributed by atoms with Crippen molar-refractivity contribution < 1.29 is 9.84 Å². The summed E-state index contributed by atoms with van der Waals surface area (Å²) in [5.41, 5.74) is 0.988. The maximum Gasteiger partial charge on any atom is 0.122 e. The van der Waals surface area contributed by atoms with Gasteiger partial charge in [0.2, 0.25) is 0 Å². The van der Waals surface area contributed by atoms with Gasteiger partial charge in [-0.2, -0.15) is 0 Å². The first-order valence-corrected chi connectivity index (χ1v) is 4.31. The average molecular weight is 178 g/mol. The van der Waals surface area contributed by atoms with Gasteiger partial charge in [0.05, 0.1) is 7.11 Å². The Balaban J connectivity index is 2.92. The third kappa shape index (κ3) is 2.51. The highest BCUT2D eigenvalue weighted by molar-refractivity contribution is 5.60. The van der Waals surface area contributed by atoms with Crippen LogP contribution < -0.4 is 0 Å². The fraction of sp³-hybridized carbons (Fsp3) is 0.273. The lowest BCUT2D eigenvalue weighted by Crippen LogP contribution is -1.86. The normalized spacial score (nSPS) is 11.4. The highest BCUT2D eigenvalue weighted by Gasteiger charge is 1.99. The zero-order valence-corrected chi connectivity index (χ0v) is 7.95. The molecule has 70 valence electrons. The number of ether oxygens (including phenoxy) is 1. The van der Waals surface area contributed by atoms with E-state index in [0.29, 0.717) is 0 Å². The Morgan fingerprint density at radius 2 is 2.00 bits per heavy atom. The number of methoxy groups -OCH3 is 1. The first kappa shape index (κ1) is 9.65. The molecule has 1 aromatic rings. The minimum Gasteiger partial charge on any atom is -0.508 e. The molecule has 2 nitrogen and oxygen atoms in total. The molecular formula is C11H14O2. The molecule has 0 aliphatic rings. The molecule has 1 rings (SSSR count). The quantitative estimate of drug-likeness (QED) is 0.721. The fourth-order valence-electron chi connectivity index (χ4n) is 1.13. The molecule has 1 aromatic carbocycles. The number of rotatable bonds is 3. The molecule has 0 spiro atoms. The van der Waals surface area contributed by atoms with E-state index >= 15 is 0 Å². The Kier molecular flexibility index (Phi) is 3.38. The van der Waals surface area contributed by atoms with E-state index in [1.165, 1.54) is 0 Å². The van der Waals surface area contributed by atoms with E-state index in [4.69, 9.17) is 9.84 Å². The molecule has 0 atom stereocenters. The highest BCUT2D eigenvalue weighted by atomic mass is 16.5. The van der Waals surface area contributed by atoms with Crippen molar-refractivity contribution in [2.45, 2.75) is 13.3 Å². The van der Waals surface area contributed by atoms with Crippen molar-refractivity contribution in [1.29, 1.82) is 0 Å². The minimum absolute atomic E-state index is 0.274. The highest BCUT2D eigenvalue weighted by Crippen LogP contribution is 2.18. The van der Waals surface area contributed by atoms with Crippen molar-refractivity contribution in [2.75, 3.05) is 7.11 Å². The lowest BCUT2D eigenvalue weighted by Gasteiger charge is -2.05. The lowest BCUT2D eigenvalue weighted by atomic mass is 10.1. The summed E-state index contributed by atoms with van der Waals surface area (Å²) in [5.74, 6) is 1.12. The molecule has 13 heavy (non-hydrogen) atoms. The van der Waals surface area contributed by atoms with Crippen molar-refractivity contribution >= 4 is 5.76 Å². The molecule has 0 bridgehead atoms. The van der Waals surface area contributed by atoms with Crippen LogP contribution in [0, 0.1) is 0 Å². The van der Waals surface area contributed by atoms with E-state index in [2.05, 4.69) is 6.92 Å². The van der Waals surface area contributed by atoms with Gasteiger partial charge in [-0.05, 0) is 36.8 Å². The van der Waals surface area contributed by atoms with Crippen molar-refractivity contribution in [1.82, 2.24) is 0 Å². The first-order chi connectivity index (χ1) is 6.27. The molecule has 0 unspecified atom stereocenters. The van der Waals surface area contributed by atoms with E-state index in [9.17, 15) is 0 Å². The van der Waals surface area contributed by atoms with Gasteiger partial charge in [-0.15, -0.1) is 0 Å². The Morgan fingerprint density at radius 1 is 1.38 bits per heavy atom.